The summed E-state index contributed by atoms with van der Waals surface area (Å²) >= 11 is 5.08. The van der Waals surface area contributed by atoms with Crippen molar-refractivity contribution in [2.24, 2.45) is 0 Å². The lowest BCUT2D eigenvalue weighted by atomic mass is 10.1. The van der Waals surface area contributed by atoms with E-state index in [-0.39, 0.29) is 27.7 Å². The van der Waals surface area contributed by atoms with Crippen LogP contribution in [-0.2, 0) is 0 Å². The van der Waals surface area contributed by atoms with Gasteiger partial charge < -0.3 is 29.7 Å². The van der Waals surface area contributed by atoms with Crippen molar-refractivity contribution in [3.63, 3.8) is 0 Å². The fourth-order valence-electron chi connectivity index (χ4n) is 2.33. The van der Waals surface area contributed by atoms with Gasteiger partial charge in [0.1, 0.15) is 11.3 Å². The Morgan fingerprint density at radius 2 is 1.61 bits per heavy atom. The Labute approximate surface area is 165 Å². The summed E-state index contributed by atoms with van der Waals surface area (Å²) in [6.07, 6.45) is 0. The summed E-state index contributed by atoms with van der Waals surface area (Å²) in [7, 11) is 4.30. The zero-order valence-electron chi connectivity index (χ0n) is 15.2. The molecule has 0 aliphatic heterocycles. The molecule has 0 heterocycles. The highest BCUT2D eigenvalue weighted by Gasteiger charge is 2.18. The SMILES string of the molecule is COc1cc(C(=O)NC(=S)Nc2ccc(O)c(C(=O)O)c2)cc(OC)c1OC. The highest BCUT2D eigenvalue weighted by atomic mass is 32.1. The number of phenols is 1. The monoisotopic (exact) mass is 406 g/mol. The van der Waals surface area contributed by atoms with Gasteiger partial charge in [-0.15, -0.1) is 0 Å². The fraction of sp³-hybridized carbons (Fsp3) is 0.167. The molecule has 4 N–H and O–H groups in total. The van der Waals surface area contributed by atoms with Gasteiger partial charge in [-0.25, -0.2) is 4.79 Å². The molecule has 0 saturated heterocycles. The van der Waals surface area contributed by atoms with Crippen LogP contribution < -0.4 is 24.8 Å². The third kappa shape index (κ3) is 4.60. The lowest BCUT2D eigenvalue weighted by Gasteiger charge is -2.15. The molecule has 148 valence electrons. The predicted octanol–water partition coefficient (Wildman–Crippen LogP) is 2.24. The van der Waals surface area contributed by atoms with E-state index in [1.807, 2.05) is 0 Å². The normalized spacial score (nSPS) is 9.96. The van der Waals surface area contributed by atoms with Gasteiger partial charge in [0.05, 0.1) is 21.3 Å². The average molecular weight is 406 g/mol. The molecule has 0 aliphatic carbocycles. The van der Waals surface area contributed by atoms with Crippen molar-refractivity contribution in [1.82, 2.24) is 5.32 Å². The highest BCUT2D eigenvalue weighted by Crippen LogP contribution is 2.38. The molecular weight excluding hydrogens is 388 g/mol. The van der Waals surface area contributed by atoms with Crippen LogP contribution in [-0.4, -0.2) is 48.5 Å². The first kappa shape index (κ1) is 20.8. The number of carboxylic acids is 1. The zero-order chi connectivity index (χ0) is 20.8. The van der Waals surface area contributed by atoms with E-state index in [2.05, 4.69) is 10.6 Å². The van der Waals surface area contributed by atoms with Crippen molar-refractivity contribution < 1.29 is 34.0 Å². The molecule has 0 aliphatic rings. The summed E-state index contributed by atoms with van der Waals surface area (Å²) in [5, 5.41) is 23.6. The topological polar surface area (TPSA) is 126 Å². The number of thiocarbonyl (C=S) groups is 1. The van der Waals surface area contributed by atoms with E-state index in [1.165, 1.54) is 51.7 Å². The van der Waals surface area contributed by atoms with Crippen molar-refractivity contribution in [2.45, 2.75) is 0 Å². The number of carbonyl (C=O) groups excluding carboxylic acids is 1. The summed E-state index contributed by atoms with van der Waals surface area (Å²) < 4.78 is 15.6. The minimum atomic E-state index is -1.30. The molecular formula is C18H18N2O7S. The number of carbonyl (C=O) groups is 2. The number of methoxy groups -OCH3 is 3. The Balaban J connectivity index is 2.18. The van der Waals surface area contributed by atoms with E-state index < -0.39 is 11.9 Å². The van der Waals surface area contributed by atoms with E-state index >= 15 is 0 Å². The van der Waals surface area contributed by atoms with Crippen LogP contribution >= 0.6 is 12.2 Å². The van der Waals surface area contributed by atoms with E-state index in [0.717, 1.165) is 0 Å². The largest absolute Gasteiger partial charge is 0.507 e. The maximum absolute atomic E-state index is 12.5. The van der Waals surface area contributed by atoms with E-state index in [4.69, 9.17) is 31.5 Å². The van der Waals surface area contributed by atoms with Gasteiger partial charge in [0, 0.05) is 11.3 Å². The van der Waals surface area contributed by atoms with Crippen LogP contribution in [0, 0.1) is 0 Å². The molecule has 10 heteroatoms. The highest BCUT2D eigenvalue weighted by molar-refractivity contribution is 7.80. The Morgan fingerprint density at radius 1 is 1.00 bits per heavy atom. The minimum absolute atomic E-state index is 0.0687. The molecule has 1 amide bonds. The standard InChI is InChI=1S/C18H18N2O7S/c1-25-13-6-9(7-14(26-2)15(13)27-3)16(22)20-18(28)19-10-4-5-12(21)11(8-10)17(23)24/h4-8,21H,1-3H3,(H,23,24)(H2,19,20,22,28). The van der Waals surface area contributed by atoms with Crippen LogP contribution in [0.5, 0.6) is 23.0 Å². The van der Waals surface area contributed by atoms with Crippen molar-refractivity contribution >= 4 is 34.9 Å². The minimum Gasteiger partial charge on any atom is -0.507 e. The molecule has 28 heavy (non-hydrogen) atoms. The van der Waals surface area contributed by atoms with Gasteiger partial charge in [0.25, 0.3) is 5.91 Å². The number of carboxylic acid groups (broad SMARTS) is 1. The molecule has 0 atom stereocenters. The van der Waals surface area contributed by atoms with E-state index in [0.29, 0.717) is 17.2 Å². The van der Waals surface area contributed by atoms with Crippen molar-refractivity contribution in [3.8, 4) is 23.0 Å². The van der Waals surface area contributed by atoms with Gasteiger partial charge in [-0.3, -0.25) is 10.1 Å². The van der Waals surface area contributed by atoms with E-state index in [9.17, 15) is 14.7 Å². The molecule has 0 fully saturated rings. The van der Waals surface area contributed by atoms with Gasteiger partial charge in [0.2, 0.25) is 5.75 Å². The average Bonchev–Trinajstić information content (AvgIpc) is 2.67. The summed E-state index contributed by atoms with van der Waals surface area (Å²) in [6, 6.07) is 6.73. The number of hydrogen-bond acceptors (Lipinski definition) is 7. The smallest absolute Gasteiger partial charge is 0.339 e. The van der Waals surface area contributed by atoms with Crippen molar-refractivity contribution in [2.75, 3.05) is 26.6 Å². The number of rotatable bonds is 6. The molecule has 0 spiro atoms. The molecule has 0 aromatic heterocycles. The quantitative estimate of drug-likeness (QED) is 0.422. The van der Waals surface area contributed by atoms with Gasteiger partial charge in [-0.1, -0.05) is 0 Å². The van der Waals surface area contributed by atoms with Crippen LogP contribution in [0.25, 0.3) is 0 Å². The maximum atomic E-state index is 12.5. The molecule has 0 radical (unpaired) electrons. The Hall–Kier alpha value is -3.53. The molecule has 2 aromatic carbocycles. The lowest BCUT2D eigenvalue weighted by Crippen LogP contribution is -2.34. The molecule has 0 saturated carbocycles. The first-order valence-corrected chi connectivity index (χ1v) is 8.20. The number of benzene rings is 2. The molecule has 2 rings (SSSR count). The zero-order valence-corrected chi connectivity index (χ0v) is 16.0. The van der Waals surface area contributed by atoms with Crippen LogP contribution in [0.15, 0.2) is 30.3 Å². The molecule has 9 nitrogen and oxygen atoms in total. The third-order valence-electron chi connectivity index (χ3n) is 3.64. The van der Waals surface area contributed by atoms with Crippen LogP contribution in [0.3, 0.4) is 0 Å². The Morgan fingerprint density at radius 3 is 2.11 bits per heavy atom. The first-order chi connectivity index (χ1) is 13.3. The second-order valence-corrected chi connectivity index (χ2v) is 5.77. The number of aromatic carboxylic acids is 1. The molecule has 0 bridgehead atoms. The summed E-state index contributed by atoms with van der Waals surface area (Å²) in [4.78, 5) is 23.6. The van der Waals surface area contributed by atoms with Crippen LogP contribution in [0.2, 0.25) is 0 Å². The first-order valence-electron chi connectivity index (χ1n) is 7.79. The fourth-order valence-corrected chi connectivity index (χ4v) is 2.55. The van der Waals surface area contributed by atoms with Crippen molar-refractivity contribution in [1.29, 1.82) is 0 Å². The number of aromatic hydroxyl groups is 1. The van der Waals surface area contributed by atoms with Crippen LogP contribution in [0.4, 0.5) is 5.69 Å². The number of nitrogens with one attached hydrogen (secondary N) is 2. The molecule has 0 unspecified atom stereocenters. The van der Waals surface area contributed by atoms with Gasteiger partial charge in [-0.2, -0.15) is 0 Å². The predicted molar refractivity (Wildman–Crippen MR) is 105 cm³/mol. The summed E-state index contributed by atoms with van der Waals surface area (Å²) in [5.74, 6) is -1.29. The maximum Gasteiger partial charge on any atom is 0.339 e. The second kappa shape index (κ2) is 8.91. The van der Waals surface area contributed by atoms with E-state index in [1.54, 1.807) is 0 Å². The molecule has 2 aromatic rings. The van der Waals surface area contributed by atoms with Gasteiger partial charge in [-0.05, 0) is 42.5 Å². The number of anilines is 1. The summed E-state index contributed by atoms with van der Waals surface area (Å²) in [5.41, 5.74) is 0.185. The number of amides is 1. The third-order valence-corrected chi connectivity index (χ3v) is 3.84. The number of hydrogen-bond donors (Lipinski definition) is 4. The van der Waals surface area contributed by atoms with Crippen molar-refractivity contribution in [3.05, 3.63) is 41.5 Å². The lowest BCUT2D eigenvalue weighted by molar-refractivity contribution is 0.0693. The summed E-state index contributed by atoms with van der Waals surface area (Å²) in [6.45, 7) is 0. The van der Waals surface area contributed by atoms with Gasteiger partial charge >= 0.3 is 5.97 Å². The van der Waals surface area contributed by atoms with Crippen LogP contribution in [0.1, 0.15) is 20.7 Å². The number of ether oxygens (including phenoxy) is 3. The Bertz CT molecular complexity index is 905. The second-order valence-electron chi connectivity index (χ2n) is 5.36. The Kier molecular flexibility index (Phi) is 6.61. The van der Waals surface area contributed by atoms with Gasteiger partial charge in [0.15, 0.2) is 16.6 Å².